The lowest BCUT2D eigenvalue weighted by atomic mass is 9.83. The Hall–Kier alpha value is -1.07. The van der Waals surface area contributed by atoms with Crippen LogP contribution < -0.4 is 10.2 Å². The van der Waals surface area contributed by atoms with E-state index in [0.29, 0.717) is 13.4 Å². The van der Waals surface area contributed by atoms with Crippen LogP contribution in [0.4, 0.5) is 0 Å². The van der Waals surface area contributed by atoms with Crippen molar-refractivity contribution >= 4 is 12.9 Å². The molecule has 0 amide bonds. The van der Waals surface area contributed by atoms with Gasteiger partial charge in [-0.2, -0.15) is 0 Å². The molecule has 0 aliphatic carbocycles. The number of aliphatic hydroxyl groups is 1. The molecule has 0 aliphatic heterocycles. The quantitative estimate of drug-likeness (QED) is 0.763. The number of hydrogen-bond acceptors (Lipinski definition) is 4. The summed E-state index contributed by atoms with van der Waals surface area (Å²) in [6.45, 7) is 7.21. The van der Waals surface area contributed by atoms with Gasteiger partial charge in [-0.1, -0.05) is 0 Å². The minimum absolute atomic E-state index is 0.413. The average molecular weight is 237 g/mol. The van der Waals surface area contributed by atoms with Crippen molar-refractivity contribution in [3.63, 3.8) is 0 Å². The normalized spacial score (nSPS) is 12.4. The molecule has 0 saturated heterocycles. The van der Waals surface area contributed by atoms with Crippen molar-refractivity contribution < 1.29 is 14.5 Å². The van der Waals surface area contributed by atoms with E-state index in [1.807, 2.05) is 26.0 Å². The smallest absolute Gasteiger partial charge is 0.309 e. The van der Waals surface area contributed by atoms with Crippen molar-refractivity contribution in [3.8, 4) is 5.88 Å². The summed E-state index contributed by atoms with van der Waals surface area (Å²) in [5.74, 6) is 0.562. The van der Waals surface area contributed by atoms with Gasteiger partial charge in [0.25, 0.3) is 0 Å². The predicted molar refractivity (Wildman–Crippen MR) is 69.0 cm³/mol. The van der Waals surface area contributed by atoms with Crippen molar-refractivity contribution in [2.24, 2.45) is 0 Å². The molecule has 0 spiro atoms. The van der Waals surface area contributed by atoms with Gasteiger partial charge in [-0.3, -0.25) is 0 Å². The van der Waals surface area contributed by atoms with Crippen LogP contribution in [0.15, 0.2) is 18.3 Å². The van der Waals surface area contributed by atoms with E-state index >= 15 is 0 Å². The summed E-state index contributed by atoms with van der Waals surface area (Å²) in [6, 6.07) is 3.68. The van der Waals surface area contributed by atoms with E-state index in [1.165, 1.54) is 0 Å². The van der Waals surface area contributed by atoms with Gasteiger partial charge in [-0.25, -0.2) is 4.98 Å². The lowest BCUT2D eigenvalue weighted by Crippen LogP contribution is -2.49. The molecule has 0 aliphatic rings. The van der Waals surface area contributed by atoms with E-state index in [1.54, 1.807) is 27.2 Å². The SMILES string of the molecule is COc1cc(BOC(C)(C)C(C)(C)O)ccn1. The number of ether oxygens (including phenoxy) is 1. The van der Waals surface area contributed by atoms with Crippen LogP contribution in [0.3, 0.4) is 0 Å². The largest absolute Gasteiger partial charge is 0.481 e. The van der Waals surface area contributed by atoms with E-state index < -0.39 is 11.2 Å². The molecule has 1 aromatic rings. The predicted octanol–water partition coefficient (Wildman–Crippen LogP) is 0.633. The van der Waals surface area contributed by atoms with Crippen LogP contribution in [0.5, 0.6) is 5.88 Å². The maximum Gasteiger partial charge on any atom is 0.309 e. The van der Waals surface area contributed by atoms with Crippen LogP contribution in [-0.4, -0.2) is 35.9 Å². The fraction of sp³-hybridized carbons (Fsp3) is 0.583. The van der Waals surface area contributed by atoms with Gasteiger partial charge in [0.2, 0.25) is 5.88 Å². The molecule has 0 fully saturated rings. The molecule has 1 rings (SSSR count). The second kappa shape index (κ2) is 5.06. The molecule has 5 heteroatoms. The number of pyridine rings is 1. The van der Waals surface area contributed by atoms with Gasteiger partial charge in [0.05, 0.1) is 18.3 Å². The van der Waals surface area contributed by atoms with Gasteiger partial charge in [0.1, 0.15) is 0 Å². The number of hydrogen-bond donors (Lipinski definition) is 1. The van der Waals surface area contributed by atoms with E-state index in [-0.39, 0.29) is 0 Å². The summed E-state index contributed by atoms with van der Waals surface area (Å²) in [5.41, 5.74) is -0.553. The highest BCUT2D eigenvalue weighted by Crippen LogP contribution is 2.24. The van der Waals surface area contributed by atoms with E-state index in [0.717, 1.165) is 5.46 Å². The third kappa shape index (κ3) is 3.72. The Bertz CT molecular complexity index is 374. The first-order valence-corrected chi connectivity index (χ1v) is 5.61. The summed E-state index contributed by atoms with van der Waals surface area (Å²) < 4.78 is 10.8. The molecule has 0 atom stereocenters. The molecular weight excluding hydrogens is 217 g/mol. The maximum atomic E-state index is 9.96. The fourth-order valence-corrected chi connectivity index (χ4v) is 1.09. The van der Waals surface area contributed by atoms with Crippen molar-refractivity contribution in [3.05, 3.63) is 18.3 Å². The number of nitrogens with zero attached hydrogens (tertiary/aromatic N) is 1. The number of rotatable bonds is 5. The van der Waals surface area contributed by atoms with Gasteiger partial charge in [0, 0.05) is 6.20 Å². The lowest BCUT2D eigenvalue weighted by Gasteiger charge is -2.37. The van der Waals surface area contributed by atoms with Crippen LogP contribution in [0.25, 0.3) is 0 Å². The maximum absolute atomic E-state index is 9.96. The third-order valence-corrected chi connectivity index (χ3v) is 3.08. The highest BCUT2D eigenvalue weighted by Gasteiger charge is 2.35. The van der Waals surface area contributed by atoms with Crippen LogP contribution in [0, 0.1) is 0 Å². The summed E-state index contributed by atoms with van der Waals surface area (Å²) >= 11 is 0. The molecule has 0 unspecified atom stereocenters. The topological polar surface area (TPSA) is 51.6 Å². The molecule has 0 bridgehead atoms. The van der Waals surface area contributed by atoms with E-state index in [9.17, 15) is 5.11 Å². The van der Waals surface area contributed by atoms with Gasteiger partial charge in [-0.05, 0) is 45.3 Å². The van der Waals surface area contributed by atoms with Gasteiger partial charge >= 0.3 is 7.48 Å². The molecule has 0 radical (unpaired) electrons. The molecule has 94 valence electrons. The number of aromatic nitrogens is 1. The Kier molecular flexibility index (Phi) is 4.17. The Morgan fingerprint density at radius 2 is 1.94 bits per heavy atom. The second-order valence-corrected chi connectivity index (χ2v) is 5.06. The minimum Gasteiger partial charge on any atom is -0.481 e. The Morgan fingerprint density at radius 3 is 2.47 bits per heavy atom. The van der Waals surface area contributed by atoms with Gasteiger partial charge in [0.15, 0.2) is 0 Å². The van der Waals surface area contributed by atoms with Crippen molar-refractivity contribution in [1.29, 1.82) is 0 Å². The van der Waals surface area contributed by atoms with Crippen molar-refractivity contribution in [2.45, 2.75) is 38.9 Å². The highest BCUT2D eigenvalue weighted by molar-refractivity contribution is 6.47. The van der Waals surface area contributed by atoms with Crippen LogP contribution in [0.2, 0.25) is 0 Å². The standard InChI is InChI=1S/C12H20BNO3/c1-11(2,15)12(3,4)17-13-9-6-7-14-10(8-9)16-5/h6-8,13,15H,1-5H3. The molecule has 1 N–H and O–H groups in total. The first kappa shape index (κ1) is 14.0. The minimum atomic E-state index is -0.899. The molecule has 4 nitrogen and oxygen atoms in total. The summed E-state index contributed by atoms with van der Waals surface area (Å²) in [7, 11) is 1.99. The van der Waals surface area contributed by atoms with Crippen LogP contribution >= 0.6 is 0 Å². The molecule has 1 heterocycles. The monoisotopic (exact) mass is 237 g/mol. The first-order chi connectivity index (χ1) is 7.76. The zero-order valence-electron chi connectivity index (χ0n) is 11.2. The fourth-order valence-electron chi connectivity index (χ4n) is 1.09. The molecular formula is C12H20BNO3. The molecule has 1 aromatic heterocycles. The zero-order chi connectivity index (χ0) is 13.1. The number of methoxy groups -OCH3 is 1. The first-order valence-electron chi connectivity index (χ1n) is 5.61. The zero-order valence-corrected chi connectivity index (χ0v) is 11.2. The average Bonchev–Trinajstić information content (AvgIpc) is 2.25. The third-order valence-electron chi connectivity index (χ3n) is 3.08. The Balaban J connectivity index is 2.67. The summed E-state index contributed by atoms with van der Waals surface area (Å²) in [6.07, 6.45) is 1.68. The molecule has 17 heavy (non-hydrogen) atoms. The Labute approximate surface area is 103 Å². The van der Waals surface area contributed by atoms with Gasteiger partial charge < -0.3 is 14.5 Å². The Morgan fingerprint density at radius 1 is 1.29 bits per heavy atom. The molecule has 0 saturated carbocycles. The van der Waals surface area contributed by atoms with Gasteiger partial charge in [-0.15, -0.1) is 0 Å². The van der Waals surface area contributed by atoms with E-state index in [2.05, 4.69) is 4.98 Å². The second-order valence-electron chi connectivity index (χ2n) is 5.06. The lowest BCUT2D eigenvalue weighted by molar-refractivity contribution is -0.0893. The van der Waals surface area contributed by atoms with Crippen molar-refractivity contribution in [1.82, 2.24) is 4.98 Å². The van der Waals surface area contributed by atoms with E-state index in [4.69, 9.17) is 9.39 Å². The summed E-state index contributed by atoms with van der Waals surface area (Å²) in [4.78, 5) is 4.02. The van der Waals surface area contributed by atoms with Crippen LogP contribution in [-0.2, 0) is 4.65 Å². The van der Waals surface area contributed by atoms with Crippen molar-refractivity contribution in [2.75, 3.05) is 7.11 Å². The molecule has 0 aromatic carbocycles. The summed E-state index contributed by atoms with van der Waals surface area (Å²) in [5, 5.41) is 9.96. The highest BCUT2D eigenvalue weighted by atomic mass is 16.5. The van der Waals surface area contributed by atoms with Crippen LogP contribution in [0.1, 0.15) is 27.7 Å².